The van der Waals surface area contributed by atoms with E-state index in [-0.39, 0.29) is 11.6 Å². The standard InChI is InChI=1S/C20H18FNO3/c1-13(2)12-24-17-8-3-5-14(9-17)10-18-20(23)25-19(22-18)15-6-4-7-16(21)11-15/h3-11,13H,12H2,1-2H3/b18-10-. The highest BCUT2D eigenvalue weighted by Crippen LogP contribution is 2.22. The number of cyclic esters (lactones) is 1. The van der Waals surface area contributed by atoms with Gasteiger partial charge in [0.2, 0.25) is 5.90 Å². The number of hydrogen-bond acceptors (Lipinski definition) is 4. The molecule has 0 fully saturated rings. The van der Waals surface area contributed by atoms with Gasteiger partial charge in [-0.2, -0.15) is 0 Å². The number of carbonyl (C=O) groups is 1. The van der Waals surface area contributed by atoms with Gasteiger partial charge in [0.25, 0.3) is 0 Å². The lowest BCUT2D eigenvalue weighted by Crippen LogP contribution is -2.05. The molecule has 1 heterocycles. The summed E-state index contributed by atoms with van der Waals surface area (Å²) in [4.78, 5) is 16.2. The molecule has 4 nitrogen and oxygen atoms in total. The molecular weight excluding hydrogens is 321 g/mol. The Morgan fingerprint density at radius 2 is 2.00 bits per heavy atom. The summed E-state index contributed by atoms with van der Waals surface area (Å²) < 4.78 is 24.1. The lowest BCUT2D eigenvalue weighted by atomic mass is 10.2. The molecule has 1 aliphatic rings. The first-order valence-electron chi connectivity index (χ1n) is 8.02. The van der Waals surface area contributed by atoms with Crippen LogP contribution in [0.5, 0.6) is 5.75 Å². The number of benzene rings is 2. The summed E-state index contributed by atoms with van der Waals surface area (Å²) in [6.45, 7) is 4.76. The largest absolute Gasteiger partial charge is 0.493 e. The summed E-state index contributed by atoms with van der Waals surface area (Å²) in [5.41, 5.74) is 1.36. The van der Waals surface area contributed by atoms with Gasteiger partial charge in [0.05, 0.1) is 6.61 Å². The van der Waals surface area contributed by atoms with E-state index in [0.29, 0.717) is 18.1 Å². The second-order valence-corrected chi connectivity index (χ2v) is 6.12. The Morgan fingerprint density at radius 3 is 2.76 bits per heavy atom. The van der Waals surface area contributed by atoms with E-state index < -0.39 is 11.8 Å². The van der Waals surface area contributed by atoms with Crippen molar-refractivity contribution in [3.8, 4) is 5.75 Å². The summed E-state index contributed by atoms with van der Waals surface area (Å²) >= 11 is 0. The van der Waals surface area contributed by atoms with Crippen molar-refractivity contribution in [2.45, 2.75) is 13.8 Å². The summed E-state index contributed by atoms with van der Waals surface area (Å²) in [5, 5.41) is 0. The molecule has 0 aliphatic carbocycles. The van der Waals surface area contributed by atoms with Crippen molar-refractivity contribution in [3.05, 3.63) is 71.2 Å². The zero-order valence-corrected chi connectivity index (χ0v) is 14.0. The molecule has 0 amide bonds. The topological polar surface area (TPSA) is 47.9 Å². The monoisotopic (exact) mass is 339 g/mol. The first kappa shape index (κ1) is 16.9. The Bertz CT molecular complexity index is 856. The van der Waals surface area contributed by atoms with Crippen molar-refractivity contribution in [2.75, 3.05) is 6.61 Å². The Balaban J connectivity index is 1.83. The minimum absolute atomic E-state index is 0.1000. The van der Waals surface area contributed by atoms with Crippen LogP contribution in [-0.2, 0) is 9.53 Å². The van der Waals surface area contributed by atoms with Crippen LogP contribution in [0.1, 0.15) is 25.0 Å². The van der Waals surface area contributed by atoms with E-state index in [1.54, 1.807) is 12.1 Å². The minimum atomic E-state index is -0.562. The maximum atomic E-state index is 13.3. The van der Waals surface area contributed by atoms with Crippen LogP contribution in [0.3, 0.4) is 0 Å². The molecule has 0 atom stereocenters. The van der Waals surface area contributed by atoms with E-state index in [1.807, 2.05) is 24.3 Å². The number of hydrogen-bond donors (Lipinski definition) is 0. The number of rotatable bonds is 5. The Kier molecular flexibility index (Phi) is 4.93. The fraction of sp³-hybridized carbons (Fsp3) is 0.200. The van der Waals surface area contributed by atoms with Crippen molar-refractivity contribution < 1.29 is 18.7 Å². The van der Waals surface area contributed by atoms with Crippen LogP contribution < -0.4 is 4.74 Å². The van der Waals surface area contributed by atoms with Gasteiger partial charge in [-0.05, 0) is 47.9 Å². The molecule has 0 aromatic heterocycles. The van der Waals surface area contributed by atoms with Crippen LogP contribution in [0.25, 0.3) is 6.08 Å². The van der Waals surface area contributed by atoms with E-state index in [1.165, 1.54) is 18.2 Å². The lowest BCUT2D eigenvalue weighted by Gasteiger charge is -2.08. The third-order valence-corrected chi connectivity index (χ3v) is 3.44. The van der Waals surface area contributed by atoms with Crippen LogP contribution >= 0.6 is 0 Å². The highest BCUT2D eigenvalue weighted by Gasteiger charge is 2.24. The molecule has 2 aromatic carbocycles. The van der Waals surface area contributed by atoms with Gasteiger partial charge < -0.3 is 9.47 Å². The molecule has 0 saturated heterocycles. The predicted octanol–water partition coefficient (Wildman–Crippen LogP) is 4.21. The summed E-state index contributed by atoms with van der Waals surface area (Å²) in [7, 11) is 0. The molecule has 3 rings (SSSR count). The third-order valence-electron chi connectivity index (χ3n) is 3.44. The maximum absolute atomic E-state index is 13.3. The maximum Gasteiger partial charge on any atom is 0.363 e. The quantitative estimate of drug-likeness (QED) is 0.606. The summed E-state index contributed by atoms with van der Waals surface area (Å²) in [6.07, 6.45) is 1.62. The summed E-state index contributed by atoms with van der Waals surface area (Å²) in [6, 6.07) is 13.2. The van der Waals surface area contributed by atoms with Crippen molar-refractivity contribution in [3.63, 3.8) is 0 Å². The Hall–Kier alpha value is -2.95. The predicted molar refractivity (Wildman–Crippen MR) is 93.8 cm³/mol. The van der Waals surface area contributed by atoms with Crippen molar-refractivity contribution in [1.29, 1.82) is 0 Å². The average Bonchev–Trinajstić information content (AvgIpc) is 2.94. The van der Waals surface area contributed by atoms with Gasteiger partial charge in [-0.25, -0.2) is 14.2 Å². The second kappa shape index (κ2) is 7.30. The number of ether oxygens (including phenoxy) is 2. The SMILES string of the molecule is CC(C)COc1cccc(/C=C2\N=C(c3cccc(F)c3)OC2=O)c1. The fourth-order valence-corrected chi connectivity index (χ4v) is 2.27. The molecule has 0 spiro atoms. The highest BCUT2D eigenvalue weighted by atomic mass is 19.1. The van der Waals surface area contributed by atoms with Crippen LogP contribution in [0.2, 0.25) is 0 Å². The van der Waals surface area contributed by atoms with Crippen LogP contribution in [0.15, 0.2) is 59.2 Å². The fourth-order valence-electron chi connectivity index (χ4n) is 2.27. The molecule has 5 heteroatoms. The van der Waals surface area contributed by atoms with Crippen LogP contribution in [-0.4, -0.2) is 18.5 Å². The molecular formula is C20H18FNO3. The molecule has 0 unspecified atom stereocenters. The summed E-state index contributed by atoms with van der Waals surface area (Å²) in [5.74, 6) is 0.272. The molecule has 0 radical (unpaired) electrons. The number of aliphatic imine (C=N–C) groups is 1. The average molecular weight is 339 g/mol. The van der Waals surface area contributed by atoms with Crippen molar-refractivity contribution in [1.82, 2.24) is 0 Å². The zero-order valence-electron chi connectivity index (χ0n) is 14.0. The van der Waals surface area contributed by atoms with Gasteiger partial charge in [-0.15, -0.1) is 0 Å². The van der Waals surface area contributed by atoms with E-state index >= 15 is 0 Å². The van der Waals surface area contributed by atoms with Gasteiger partial charge >= 0.3 is 5.97 Å². The zero-order chi connectivity index (χ0) is 17.8. The highest BCUT2D eigenvalue weighted by molar-refractivity contribution is 6.12. The first-order chi connectivity index (χ1) is 12.0. The smallest absolute Gasteiger partial charge is 0.363 e. The lowest BCUT2D eigenvalue weighted by molar-refractivity contribution is -0.129. The van der Waals surface area contributed by atoms with Gasteiger partial charge in [-0.1, -0.05) is 32.0 Å². The van der Waals surface area contributed by atoms with Crippen molar-refractivity contribution >= 4 is 17.9 Å². The van der Waals surface area contributed by atoms with Crippen molar-refractivity contribution in [2.24, 2.45) is 10.9 Å². The van der Waals surface area contributed by atoms with Crippen LogP contribution in [0.4, 0.5) is 4.39 Å². The first-order valence-corrected chi connectivity index (χ1v) is 8.02. The van der Waals surface area contributed by atoms with E-state index in [0.717, 1.165) is 11.3 Å². The molecule has 2 aromatic rings. The normalized spacial score (nSPS) is 15.4. The van der Waals surface area contributed by atoms with Gasteiger partial charge in [0.1, 0.15) is 11.6 Å². The molecule has 0 bridgehead atoms. The number of halogens is 1. The molecule has 0 N–H and O–H groups in total. The molecule has 128 valence electrons. The van der Waals surface area contributed by atoms with E-state index in [9.17, 15) is 9.18 Å². The van der Waals surface area contributed by atoms with Gasteiger partial charge in [0.15, 0.2) is 5.70 Å². The van der Waals surface area contributed by atoms with Gasteiger partial charge in [0, 0.05) is 5.56 Å². The molecule has 1 aliphatic heterocycles. The van der Waals surface area contributed by atoms with E-state index in [4.69, 9.17) is 9.47 Å². The number of carbonyl (C=O) groups excluding carboxylic acids is 1. The number of esters is 1. The molecule has 25 heavy (non-hydrogen) atoms. The van der Waals surface area contributed by atoms with Crippen LogP contribution in [0, 0.1) is 11.7 Å². The van der Waals surface area contributed by atoms with Gasteiger partial charge in [-0.3, -0.25) is 0 Å². The third kappa shape index (κ3) is 4.32. The second-order valence-electron chi connectivity index (χ2n) is 6.12. The minimum Gasteiger partial charge on any atom is -0.493 e. The molecule has 0 saturated carbocycles. The van der Waals surface area contributed by atoms with E-state index in [2.05, 4.69) is 18.8 Å². The number of nitrogens with zero attached hydrogens (tertiary/aromatic N) is 1. The Morgan fingerprint density at radius 1 is 1.20 bits per heavy atom. The Labute approximate surface area is 145 Å².